The molecule has 124 valence electrons. The number of ether oxygens (including phenoxy) is 1. The minimum absolute atomic E-state index is 0.0510. The third-order valence-electron chi connectivity index (χ3n) is 3.12. The number of benzene rings is 1. The molecule has 0 aliphatic carbocycles. The molecule has 1 N–H and O–H groups in total. The van der Waals surface area contributed by atoms with Crippen LogP contribution in [0.2, 0.25) is 5.02 Å². The summed E-state index contributed by atoms with van der Waals surface area (Å²) in [5.74, 6) is -1.73. The lowest BCUT2D eigenvalue weighted by atomic mass is 10.1. The largest absolute Gasteiger partial charge is 0.462 e. The Morgan fingerprint density at radius 2 is 2.17 bits per heavy atom. The normalized spacial score (nSPS) is 10.1. The zero-order chi connectivity index (χ0) is 17.9. The van der Waals surface area contributed by atoms with Gasteiger partial charge in [-0.1, -0.05) is 11.6 Å². The molecule has 0 spiro atoms. The van der Waals surface area contributed by atoms with E-state index in [-0.39, 0.29) is 32.6 Å². The van der Waals surface area contributed by atoms with E-state index < -0.39 is 17.7 Å². The Morgan fingerprint density at radius 1 is 1.46 bits per heavy atom. The molecule has 0 bridgehead atoms. The second-order valence-electron chi connectivity index (χ2n) is 4.67. The Labute approximate surface area is 146 Å². The van der Waals surface area contributed by atoms with E-state index >= 15 is 0 Å². The number of halogens is 2. The van der Waals surface area contributed by atoms with Crippen molar-refractivity contribution in [1.29, 1.82) is 5.26 Å². The van der Waals surface area contributed by atoms with E-state index in [4.69, 9.17) is 16.3 Å². The standard InChI is InChI=1S/C16H12ClFN2O3S/c1-3-23-16(22)13-8(2)11(7-19)15(24-13)20-14(21)10-5-4-9(18)6-12(10)17/h4-6H,3H2,1-2H3,(H,20,21). The molecular formula is C16H12ClFN2O3S. The molecule has 0 aliphatic heterocycles. The SMILES string of the molecule is CCOC(=O)c1sc(NC(=O)c2ccc(F)cc2Cl)c(C#N)c1C. The summed E-state index contributed by atoms with van der Waals surface area (Å²) in [5.41, 5.74) is 0.668. The zero-order valence-electron chi connectivity index (χ0n) is 12.8. The summed E-state index contributed by atoms with van der Waals surface area (Å²) < 4.78 is 18.0. The lowest BCUT2D eigenvalue weighted by molar-refractivity contribution is 0.0531. The van der Waals surface area contributed by atoms with E-state index in [9.17, 15) is 19.2 Å². The van der Waals surface area contributed by atoms with Crippen molar-refractivity contribution in [1.82, 2.24) is 0 Å². The third-order valence-corrected chi connectivity index (χ3v) is 4.62. The molecule has 0 aliphatic rings. The molecule has 0 radical (unpaired) electrons. The summed E-state index contributed by atoms with van der Waals surface area (Å²) in [5, 5.41) is 12.0. The van der Waals surface area contributed by atoms with Gasteiger partial charge in [-0.3, -0.25) is 4.79 Å². The topological polar surface area (TPSA) is 79.2 Å². The van der Waals surface area contributed by atoms with Gasteiger partial charge < -0.3 is 10.1 Å². The lowest BCUT2D eigenvalue weighted by Gasteiger charge is -2.05. The fourth-order valence-electron chi connectivity index (χ4n) is 1.97. The van der Waals surface area contributed by atoms with Crippen LogP contribution < -0.4 is 5.32 Å². The van der Waals surface area contributed by atoms with Crippen LogP contribution in [0, 0.1) is 24.1 Å². The van der Waals surface area contributed by atoms with Crippen LogP contribution in [0.5, 0.6) is 0 Å². The molecule has 0 saturated heterocycles. The summed E-state index contributed by atoms with van der Waals surface area (Å²) in [6.45, 7) is 3.47. The number of anilines is 1. The van der Waals surface area contributed by atoms with Crippen LogP contribution in [0.25, 0.3) is 0 Å². The molecule has 8 heteroatoms. The molecule has 1 amide bonds. The van der Waals surface area contributed by atoms with E-state index in [1.54, 1.807) is 13.8 Å². The van der Waals surface area contributed by atoms with Gasteiger partial charge in [-0.25, -0.2) is 9.18 Å². The molecular weight excluding hydrogens is 355 g/mol. The number of hydrogen-bond donors (Lipinski definition) is 1. The molecule has 24 heavy (non-hydrogen) atoms. The third kappa shape index (κ3) is 3.55. The number of carbonyl (C=O) groups is 2. The number of nitrogens with zero attached hydrogens (tertiary/aromatic N) is 1. The monoisotopic (exact) mass is 366 g/mol. The molecule has 5 nitrogen and oxygen atoms in total. The van der Waals surface area contributed by atoms with Crippen LogP contribution in [0.4, 0.5) is 9.39 Å². The minimum atomic E-state index is -0.604. The summed E-state index contributed by atoms with van der Waals surface area (Å²) in [6, 6.07) is 5.32. The van der Waals surface area contributed by atoms with E-state index in [2.05, 4.69) is 5.32 Å². The van der Waals surface area contributed by atoms with Crippen LogP contribution >= 0.6 is 22.9 Å². The first-order chi connectivity index (χ1) is 11.4. The van der Waals surface area contributed by atoms with Gasteiger partial charge in [0.2, 0.25) is 0 Å². The molecule has 0 saturated carbocycles. The van der Waals surface area contributed by atoms with Gasteiger partial charge in [-0.05, 0) is 37.6 Å². The van der Waals surface area contributed by atoms with Gasteiger partial charge >= 0.3 is 5.97 Å². The van der Waals surface area contributed by atoms with Gasteiger partial charge in [-0.2, -0.15) is 5.26 Å². The van der Waals surface area contributed by atoms with Gasteiger partial charge in [0.05, 0.1) is 22.8 Å². The van der Waals surface area contributed by atoms with Gasteiger partial charge in [-0.15, -0.1) is 11.3 Å². The zero-order valence-corrected chi connectivity index (χ0v) is 14.3. The van der Waals surface area contributed by atoms with Gasteiger partial charge in [0.25, 0.3) is 5.91 Å². The highest BCUT2D eigenvalue weighted by atomic mass is 35.5. The Morgan fingerprint density at radius 3 is 2.75 bits per heavy atom. The fourth-order valence-corrected chi connectivity index (χ4v) is 3.27. The van der Waals surface area contributed by atoms with Crippen molar-refractivity contribution < 1.29 is 18.7 Å². The summed E-state index contributed by atoms with van der Waals surface area (Å²) in [4.78, 5) is 24.4. The number of esters is 1. The van der Waals surface area contributed by atoms with Crippen LogP contribution in [-0.2, 0) is 4.74 Å². The van der Waals surface area contributed by atoms with E-state index in [0.29, 0.717) is 5.56 Å². The Balaban J connectivity index is 2.35. The maximum absolute atomic E-state index is 13.1. The first kappa shape index (κ1) is 17.9. The summed E-state index contributed by atoms with van der Waals surface area (Å²) in [6.07, 6.45) is 0. The number of carbonyl (C=O) groups excluding carboxylic acids is 2. The van der Waals surface area contributed by atoms with E-state index in [0.717, 1.165) is 23.5 Å². The van der Waals surface area contributed by atoms with Crippen LogP contribution in [-0.4, -0.2) is 18.5 Å². The highest BCUT2D eigenvalue weighted by Gasteiger charge is 2.23. The molecule has 1 aromatic heterocycles. The summed E-state index contributed by atoms with van der Waals surface area (Å²) in [7, 11) is 0. The molecule has 0 unspecified atom stereocenters. The van der Waals surface area contributed by atoms with Crippen molar-refractivity contribution in [3.63, 3.8) is 0 Å². The van der Waals surface area contributed by atoms with Crippen LogP contribution in [0.3, 0.4) is 0 Å². The maximum Gasteiger partial charge on any atom is 0.348 e. The number of nitrogens with one attached hydrogen (secondary N) is 1. The molecule has 2 aromatic rings. The van der Waals surface area contributed by atoms with Crippen molar-refractivity contribution in [2.75, 3.05) is 11.9 Å². The minimum Gasteiger partial charge on any atom is -0.462 e. The smallest absolute Gasteiger partial charge is 0.348 e. The van der Waals surface area contributed by atoms with Gasteiger partial charge in [0, 0.05) is 0 Å². The molecule has 1 aromatic carbocycles. The van der Waals surface area contributed by atoms with Gasteiger partial charge in [0.1, 0.15) is 21.8 Å². The van der Waals surface area contributed by atoms with Crippen molar-refractivity contribution in [2.24, 2.45) is 0 Å². The molecule has 0 atom stereocenters. The highest BCUT2D eigenvalue weighted by Crippen LogP contribution is 2.33. The highest BCUT2D eigenvalue weighted by molar-refractivity contribution is 7.18. The number of amides is 1. The van der Waals surface area contributed by atoms with Crippen molar-refractivity contribution in [3.05, 3.63) is 50.6 Å². The van der Waals surface area contributed by atoms with Crippen molar-refractivity contribution >= 4 is 39.8 Å². The number of thiophene rings is 1. The quantitative estimate of drug-likeness (QED) is 0.824. The molecule has 0 fully saturated rings. The number of rotatable bonds is 4. The average Bonchev–Trinajstić information content (AvgIpc) is 2.83. The van der Waals surface area contributed by atoms with Crippen molar-refractivity contribution in [2.45, 2.75) is 13.8 Å². The average molecular weight is 367 g/mol. The van der Waals surface area contributed by atoms with Crippen LogP contribution in [0.15, 0.2) is 18.2 Å². The first-order valence-corrected chi connectivity index (χ1v) is 8.05. The summed E-state index contributed by atoms with van der Waals surface area (Å²) >= 11 is 6.80. The predicted molar refractivity (Wildman–Crippen MR) is 89.1 cm³/mol. The Hall–Kier alpha value is -2.43. The number of hydrogen-bond acceptors (Lipinski definition) is 5. The molecule has 2 rings (SSSR count). The van der Waals surface area contributed by atoms with E-state index in [1.165, 1.54) is 6.07 Å². The number of nitriles is 1. The predicted octanol–water partition coefficient (Wildman–Crippen LogP) is 4.15. The first-order valence-electron chi connectivity index (χ1n) is 6.86. The maximum atomic E-state index is 13.1. The van der Waals surface area contributed by atoms with Crippen LogP contribution in [0.1, 0.15) is 38.1 Å². The van der Waals surface area contributed by atoms with Crippen molar-refractivity contribution in [3.8, 4) is 6.07 Å². The second kappa shape index (κ2) is 7.43. The Bertz CT molecular complexity index is 858. The molecule has 1 heterocycles. The second-order valence-corrected chi connectivity index (χ2v) is 6.10. The van der Waals surface area contributed by atoms with E-state index in [1.807, 2.05) is 6.07 Å². The fraction of sp³-hybridized carbons (Fsp3) is 0.188. The van der Waals surface area contributed by atoms with Gasteiger partial charge in [0.15, 0.2) is 0 Å². The Kier molecular flexibility index (Phi) is 5.54. The lowest BCUT2D eigenvalue weighted by Crippen LogP contribution is -2.12.